The fourth-order valence-electron chi connectivity index (χ4n) is 2.39. The van der Waals surface area contributed by atoms with Crippen LogP contribution in [-0.4, -0.2) is 17.3 Å². The van der Waals surface area contributed by atoms with Crippen molar-refractivity contribution in [3.05, 3.63) is 71.4 Å². The second-order valence-electron chi connectivity index (χ2n) is 5.54. The van der Waals surface area contributed by atoms with Crippen LogP contribution in [0.2, 0.25) is 0 Å². The fraction of sp³-hybridized carbons (Fsp3) is 0.263. The van der Waals surface area contributed by atoms with E-state index in [2.05, 4.69) is 22.3 Å². The van der Waals surface area contributed by atoms with Gasteiger partial charge in [0, 0.05) is 12.2 Å². The van der Waals surface area contributed by atoms with Crippen molar-refractivity contribution in [1.29, 1.82) is 0 Å². The molecule has 0 radical (unpaired) electrons. The molecule has 3 aromatic rings. The van der Waals surface area contributed by atoms with Crippen molar-refractivity contribution < 1.29 is 13.5 Å². The predicted molar refractivity (Wildman–Crippen MR) is 95.3 cm³/mol. The Bertz CT molecular complexity index is 805. The molecule has 0 saturated heterocycles. The first-order chi connectivity index (χ1) is 12.2. The average molecular weight is 358 g/mol. The second-order valence-corrected chi connectivity index (χ2v) is 6.47. The summed E-state index contributed by atoms with van der Waals surface area (Å²) in [5.41, 5.74) is 1.88. The van der Waals surface area contributed by atoms with Crippen molar-refractivity contribution in [1.82, 2.24) is 10.2 Å². The Balaban J connectivity index is 1.45. The van der Waals surface area contributed by atoms with E-state index in [1.165, 1.54) is 23.4 Å². The number of aromatic nitrogens is 2. The van der Waals surface area contributed by atoms with Crippen LogP contribution in [0, 0.1) is 5.82 Å². The largest absolute Gasteiger partial charge is 0.497 e. The van der Waals surface area contributed by atoms with Crippen molar-refractivity contribution in [2.24, 2.45) is 0 Å². The molecule has 0 bridgehead atoms. The molecule has 3 rings (SSSR count). The standard InChI is InChI=1S/C19H19FN2O2S/c1-23-16-11-9-14(10-12-16)5-4-8-18-21-22-19(24-18)25-13-15-6-2-3-7-17(15)20/h2-3,6-7,9-12H,4-5,8,13H2,1H3. The molecule has 4 nitrogen and oxygen atoms in total. The number of benzene rings is 2. The van der Waals surface area contributed by atoms with E-state index in [0.29, 0.717) is 22.4 Å². The zero-order valence-electron chi connectivity index (χ0n) is 13.9. The van der Waals surface area contributed by atoms with Crippen molar-refractivity contribution in [2.45, 2.75) is 30.2 Å². The summed E-state index contributed by atoms with van der Waals surface area (Å²) in [4.78, 5) is 0. The van der Waals surface area contributed by atoms with Crippen LogP contribution in [-0.2, 0) is 18.6 Å². The highest BCUT2D eigenvalue weighted by Crippen LogP contribution is 2.23. The number of hydrogen-bond donors (Lipinski definition) is 0. The van der Waals surface area contributed by atoms with Gasteiger partial charge in [-0.25, -0.2) is 4.39 Å². The van der Waals surface area contributed by atoms with Crippen molar-refractivity contribution in [3.63, 3.8) is 0 Å². The van der Waals surface area contributed by atoms with E-state index in [4.69, 9.17) is 9.15 Å². The molecular weight excluding hydrogens is 339 g/mol. The molecule has 0 N–H and O–H groups in total. The Hall–Kier alpha value is -2.34. The lowest BCUT2D eigenvalue weighted by Crippen LogP contribution is -1.91. The third-order valence-electron chi connectivity index (χ3n) is 3.77. The molecule has 2 aromatic carbocycles. The molecule has 0 saturated carbocycles. The summed E-state index contributed by atoms with van der Waals surface area (Å²) in [6, 6.07) is 14.7. The molecule has 0 atom stereocenters. The Kier molecular flexibility index (Phi) is 6.06. The van der Waals surface area contributed by atoms with Gasteiger partial charge in [-0.15, -0.1) is 10.2 Å². The first-order valence-corrected chi connectivity index (χ1v) is 9.04. The summed E-state index contributed by atoms with van der Waals surface area (Å²) < 4.78 is 24.4. The highest BCUT2D eigenvalue weighted by Gasteiger charge is 2.09. The SMILES string of the molecule is COc1ccc(CCCc2nnc(SCc3ccccc3F)o2)cc1. The summed E-state index contributed by atoms with van der Waals surface area (Å²) in [6.45, 7) is 0. The minimum atomic E-state index is -0.214. The van der Waals surface area contributed by atoms with Gasteiger partial charge in [0.2, 0.25) is 5.89 Å². The van der Waals surface area contributed by atoms with Crippen LogP contribution in [0.25, 0.3) is 0 Å². The number of nitrogens with zero attached hydrogens (tertiary/aromatic N) is 2. The Morgan fingerprint density at radius 3 is 2.60 bits per heavy atom. The lowest BCUT2D eigenvalue weighted by atomic mass is 10.1. The lowest BCUT2D eigenvalue weighted by Gasteiger charge is -2.02. The zero-order chi connectivity index (χ0) is 17.5. The highest BCUT2D eigenvalue weighted by atomic mass is 32.2. The van der Waals surface area contributed by atoms with Gasteiger partial charge in [-0.05, 0) is 42.2 Å². The van der Waals surface area contributed by atoms with Crippen LogP contribution in [0.4, 0.5) is 4.39 Å². The molecule has 130 valence electrons. The monoisotopic (exact) mass is 358 g/mol. The average Bonchev–Trinajstić information content (AvgIpc) is 3.09. The molecule has 0 spiro atoms. The van der Waals surface area contributed by atoms with Gasteiger partial charge >= 0.3 is 0 Å². The van der Waals surface area contributed by atoms with Gasteiger partial charge in [-0.3, -0.25) is 0 Å². The van der Waals surface area contributed by atoms with Gasteiger partial charge in [0.15, 0.2) is 0 Å². The Morgan fingerprint density at radius 1 is 1.04 bits per heavy atom. The number of halogens is 1. The van der Waals surface area contributed by atoms with Crippen LogP contribution < -0.4 is 4.74 Å². The van der Waals surface area contributed by atoms with Crippen molar-refractivity contribution in [2.75, 3.05) is 7.11 Å². The maximum absolute atomic E-state index is 13.6. The summed E-state index contributed by atoms with van der Waals surface area (Å²) in [5.74, 6) is 1.73. The summed E-state index contributed by atoms with van der Waals surface area (Å²) in [7, 11) is 1.66. The van der Waals surface area contributed by atoms with E-state index < -0.39 is 0 Å². The molecule has 25 heavy (non-hydrogen) atoms. The van der Waals surface area contributed by atoms with Gasteiger partial charge in [-0.2, -0.15) is 0 Å². The fourth-order valence-corrected chi connectivity index (χ4v) is 3.16. The molecule has 1 aromatic heterocycles. The summed E-state index contributed by atoms with van der Waals surface area (Å²) in [5, 5.41) is 8.55. The van der Waals surface area contributed by atoms with Crippen LogP contribution in [0.3, 0.4) is 0 Å². The van der Waals surface area contributed by atoms with Gasteiger partial charge in [0.05, 0.1) is 7.11 Å². The molecule has 0 aliphatic rings. The van der Waals surface area contributed by atoms with E-state index in [1.807, 2.05) is 18.2 Å². The maximum Gasteiger partial charge on any atom is 0.276 e. The van der Waals surface area contributed by atoms with Gasteiger partial charge < -0.3 is 9.15 Å². The number of aryl methyl sites for hydroxylation is 2. The second kappa shape index (κ2) is 8.67. The van der Waals surface area contributed by atoms with E-state index in [0.717, 1.165) is 25.0 Å². The first kappa shape index (κ1) is 17.5. The minimum absolute atomic E-state index is 0.214. The third-order valence-corrected chi connectivity index (χ3v) is 4.64. The predicted octanol–water partition coefficient (Wildman–Crippen LogP) is 4.68. The van der Waals surface area contributed by atoms with Crippen LogP contribution in [0.15, 0.2) is 58.2 Å². The number of hydrogen-bond acceptors (Lipinski definition) is 5. The molecular formula is C19H19FN2O2S. The van der Waals surface area contributed by atoms with Crippen molar-refractivity contribution in [3.8, 4) is 5.75 Å². The summed E-state index contributed by atoms with van der Waals surface area (Å²) >= 11 is 1.35. The number of methoxy groups -OCH3 is 1. The van der Waals surface area contributed by atoms with Gasteiger partial charge in [-0.1, -0.05) is 42.1 Å². The van der Waals surface area contributed by atoms with Crippen LogP contribution >= 0.6 is 11.8 Å². The molecule has 0 aliphatic carbocycles. The maximum atomic E-state index is 13.6. The Morgan fingerprint density at radius 2 is 1.84 bits per heavy atom. The Labute approximate surface area is 150 Å². The van der Waals surface area contributed by atoms with Crippen LogP contribution in [0.5, 0.6) is 5.75 Å². The van der Waals surface area contributed by atoms with E-state index in [-0.39, 0.29) is 5.82 Å². The van der Waals surface area contributed by atoms with Crippen LogP contribution in [0.1, 0.15) is 23.4 Å². The topological polar surface area (TPSA) is 48.2 Å². The lowest BCUT2D eigenvalue weighted by molar-refractivity contribution is 0.409. The molecule has 0 fully saturated rings. The normalized spacial score (nSPS) is 10.8. The molecule has 6 heteroatoms. The highest BCUT2D eigenvalue weighted by molar-refractivity contribution is 7.98. The minimum Gasteiger partial charge on any atom is -0.497 e. The van der Waals surface area contributed by atoms with Gasteiger partial charge in [0.25, 0.3) is 5.22 Å². The molecule has 0 unspecified atom stereocenters. The molecule has 1 heterocycles. The smallest absolute Gasteiger partial charge is 0.276 e. The molecule has 0 aliphatic heterocycles. The number of thioether (sulfide) groups is 1. The van der Waals surface area contributed by atoms with E-state index >= 15 is 0 Å². The van der Waals surface area contributed by atoms with E-state index in [1.54, 1.807) is 19.2 Å². The molecule has 0 amide bonds. The van der Waals surface area contributed by atoms with E-state index in [9.17, 15) is 4.39 Å². The van der Waals surface area contributed by atoms with Gasteiger partial charge in [0.1, 0.15) is 11.6 Å². The third kappa shape index (κ3) is 5.06. The summed E-state index contributed by atoms with van der Waals surface area (Å²) in [6.07, 6.45) is 2.58. The zero-order valence-corrected chi connectivity index (χ0v) is 14.8. The number of rotatable bonds is 8. The number of ether oxygens (including phenoxy) is 1. The first-order valence-electron chi connectivity index (χ1n) is 8.06. The van der Waals surface area contributed by atoms with Crippen molar-refractivity contribution >= 4 is 11.8 Å². The quantitative estimate of drug-likeness (QED) is 0.547.